The molecule has 6 nitrogen and oxygen atoms in total. The lowest BCUT2D eigenvalue weighted by Crippen LogP contribution is -2.35. The van der Waals surface area contributed by atoms with E-state index in [-0.39, 0.29) is 11.9 Å². The molecule has 1 fully saturated rings. The van der Waals surface area contributed by atoms with E-state index in [1.807, 2.05) is 36.1 Å². The molecule has 1 amide bonds. The largest absolute Gasteiger partial charge is 0.324 e. The maximum atomic E-state index is 13.0. The lowest BCUT2D eigenvalue weighted by Gasteiger charge is -2.32. The van der Waals surface area contributed by atoms with Gasteiger partial charge < -0.3 is 9.80 Å². The lowest BCUT2D eigenvalue weighted by atomic mass is 10.0. The maximum absolute atomic E-state index is 13.0. The van der Waals surface area contributed by atoms with Crippen molar-refractivity contribution in [2.75, 3.05) is 20.1 Å². The summed E-state index contributed by atoms with van der Waals surface area (Å²) in [5, 5.41) is 4.72. The first-order valence-corrected chi connectivity index (χ1v) is 9.59. The van der Waals surface area contributed by atoms with Crippen LogP contribution in [0.4, 0.5) is 0 Å². The predicted molar refractivity (Wildman–Crippen MR) is 99.9 cm³/mol. The van der Waals surface area contributed by atoms with E-state index in [2.05, 4.69) is 23.6 Å². The fraction of sp³-hybridized carbons (Fsp3) is 0.550. The molecular formula is C20H27N5O. The van der Waals surface area contributed by atoms with Crippen LogP contribution in [0, 0.1) is 6.92 Å². The van der Waals surface area contributed by atoms with Gasteiger partial charge in [0.2, 0.25) is 0 Å². The van der Waals surface area contributed by atoms with E-state index in [0.717, 1.165) is 55.1 Å². The Morgan fingerprint density at radius 2 is 1.96 bits per heavy atom. The molecule has 2 aromatic rings. The number of nitrogens with zero attached hydrogens (tertiary/aromatic N) is 5. The molecule has 0 unspecified atom stereocenters. The zero-order valence-corrected chi connectivity index (χ0v) is 15.9. The first kappa shape index (κ1) is 17.2. The number of hydrogen-bond donors (Lipinski definition) is 0. The summed E-state index contributed by atoms with van der Waals surface area (Å²) in [6, 6.07) is 8.26. The molecule has 0 bridgehead atoms. The highest BCUT2D eigenvalue weighted by Crippen LogP contribution is 2.34. The SMILES string of the molecule is CC[C@@H](c1nc(C)nn1C1CCN(C)CC1)N1Cc2ccccc2C1=O. The monoisotopic (exact) mass is 353 g/mol. The zero-order chi connectivity index (χ0) is 18.3. The molecule has 0 aliphatic carbocycles. The van der Waals surface area contributed by atoms with Gasteiger partial charge in [-0.05, 0) is 58.0 Å². The molecule has 2 aliphatic rings. The Morgan fingerprint density at radius 1 is 1.23 bits per heavy atom. The van der Waals surface area contributed by atoms with E-state index >= 15 is 0 Å². The van der Waals surface area contributed by atoms with Crippen molar-refractivity contribution >= 4 is 5.91 Å². The number of aromatic nitrogens is 3. The molecule has 1 aromatic heterocycles. The fourth-order valence-electron chi connectivity index (χ4n) is 4.25. The number of hydrogen-bond acceptors (Lipinski definition) is 4. The van der Waals surface area contributed by atoms with Crippen LogP contribution >= 0.6 is 0 Å². The third kappa shape index (κ3) is 2.92. The minimum atomic E-state index is -0.0317. The van der Waals surface area contributed by atoms with Crippen LogP contribution in [-0.4, -0.2) is 50.6 Å². The van der Waals surface area contributed by atoms with Crippen molar-refractivity contribution in [3.05, 3.63) is 47.0 Å². The highest BCUT2D eigenvalue weighted by molar-refractivity contribution is 5.98. The topological polar surface area (TPSA) is 54.3 Å². The summed E-state index contributed by atoms with van der Waals surface area (Å²) in [6.07, 6.45) is 3.00. The van der Waals surface area contributed by atoms with Crippen LogP contribution in [0.5, 0.6) is 0 Å². The number of piperidine rings is 1. The van der Waals surface area contributed by atoms with Crippen molar-refractivity contribution in [1.29, 1.82) is 0 Å². The van der Waals surface area contributed by atoms with Crippen molar-refractivity contribution in [3.8, 4) is 0 Å². The van der Waals surface area contributed by atoms with Crippen LogP contribution in [0.2, 0.25) is 0 Å². The van der Waals surface area contributed by atoms with Crippen molar-refractivity contribution in [2.45, 2.75) is 51.7 Å². The first-order chi connectivity index (χ1) is 12.6. The van der Waals surface area contributed by atoms with Gasteiger partial charge in [0.1, 0.15) is 11.6 Å². The minimum absolute atomic E-state index is 0.0317. The molecule has 2 aliphatic heterocycles. The van der Waals surface area contributed by atoms with E-state index in [9.17, 15) is 4.79 Å². The highest BCUT2D eigenvalue weighted by Gasteiger charge is 2.36. The van der Waals surface area contributed by atoms with Gasteiger partial charge in [0.25, 0.3) is 5.91 Å². The Bertz CT molecular complexity index is 806. The molecule has 0 radical (unpaired) electrons. The van der Waals surface area contributed by atoms with Crippen molar-refractivity contribution in [2.24, 2.45) is 0 Å². The summed E-state index contributed by atoms with van der Waals surface area (Å²) in [6.45, 7) is 6.89. The number of carbonyl (C=O) groups excluding carboxylic acids is 1. The van der Waals surface area contributed by atoms with Crippen molar-refractivity contribution in [3.63, 3.8) is 0 Å². The summed E-state index contributed by atoms with van der Waals surface area (Å²) in [5.74, 6) is 1.85. The highest BCUT2D eigenvalue weighted by atomic mass is 16.2. The van der Waals surface area contributed by atoms with Crippen LogP contribution in [0.3, 0.4) is 0 Å². The lowest BCUT2D eigenvalue weighted by molar-refractivity contribution is 0.0677. The average Bonchev–Trinajstić information content (AvgIpc) is 3.18. The Hall–Kier alpha value is -2.21. The minimum Gasteiger partial charge on any atom is -0.324 e. The van der Waals surface area contributed by atoms with E-state index in [0.29, 0.717) is 12.6 Å². The van der Waals surface area contributed by atoms with Gasteiger partial charge in [-0.1, -0.05) is 25.1 Å². The van der Waals surface area contributed by atoms with Gasteiger partial charge in [0.15, 0.2) is 0 Å². The number of benzene rings is 1. The number of rotatable bonds is 4. The summed E-state index contributed by atoms with van der Waals surface area (Å²) >= 11 is 0. The van der Waals surface area contributed by atoms with Crippen LogP contribution in [0.1, 0.15) is 65.8 Å². The van der Waals surface area contributed by atoms with Gasteiger partial charge in [0, 0.05) is 12.1 Å². The first-order valence-electron chi connectivity index (χ1n) is 9.59. The summed E-state index contributed by atoms with van der Waals surface area (Å²) in [4.78, 5) is 22.1. The molecule has 0 N–H and O–H groups in total. The van der Waals surface area contributed by atoms with Crippen LogP contribution in [0.25, 0.3) is 0 Å². The standard InChI is InChI=1S/C20H27N5O/c1-4-18(24-13-15-7-5-6-8-17(15)20(24)26)19-21-14(2)22-25(19)16-9-11-23(3)12-10-16/h5-8,16,18H,4,9-13H2,1-3H3/t18-/m0/s1. The fourth-order valence-corrected chi connectivity index (χ4v) is 4.25. The number of amides is 1. The summed E-state index contributed by atoms with van der Waals surface area (Å²) < 4.78 is 2.12. The maximum Gasteiger partial charge on any atom is 0.255 e. The molecule has 1 saturated heterocycles. The normalized spacial score (nSPS) is 19.8. The van der Waals surface area contributed by atoms with Gasteiger partial charge in [-0.3, -0.25) is 4.79 Å². The smallest absolute Gasteiger partial charge is 0.255 e. The second-order valence-corrected chi connectivity index (χ2v) is 7.51. The van der Waals surface area contributed by atoms with Crippen LogP contribution < -0.4 is 0 Å². The third-order valence-corrected chi connectivity index (χ3v) is 5.71. The van der Waals surface area contributed by atoms with Crippen LogP contribution in [0.15, 0.2) is 24.3 Å². The van der Waals surface area contributed by atoms with Crippen molar-refractivity contribution in [1.82, 2.24) is 24.6 Å². The molecule has 1 aromatic carbocycles. The molecule has 0 saturated carbocycles. The number of carbonyl (C=O) groups is 1. The van der Waals surface area contributed by atoms with Gasteiger partial charge in [-0.15, -0.1) is 0 Å². The van der Waals surface area contributed by atoms with E-state index in [4.69, 9.17) is 10.1 Å². The van der Waals surface area contributed by atoms with E-state index < -0.39 is 0 Å². The second kappa shape index (κ2) is 6.83. The predicted octanol–water partition coefficient (Wildman–Crippen LogP) is 2.96. The zero-order valence-electron chi connectivity index (χ0n) is 15.9. The summed E-state index contributed by atoms with van der Waals surface area (Å²) in [7, 11) is 2.17. The van der Waals surface area contributed by atoms with E-state index in [1.54, 1.807) is 0 Å². The number of likely N-dealkylation sites (tertiary alicyclic amines) is 1. The number of aryl methyl sites for hydroxylation is 1. The molecule has 26 heavy (non-hydrogen) atoms. The van der Waals surface area contributed by atoms with Gasteiger partial charge in [-0.2, -0.15) is 5.10 Å². The van der Waals surface area contributed by atoms with Gasteiger partial charge in [0.05, 0.1) is 12.1 Å². The Kier molecular flexibility index (Phi) is 4.53. The molecular weight excluding hydrogens is 326 g/mol. The molecule has 3 heterocycles. The average molecular weight is 353 g/mol. The van der Waals surface area contributed by atoms with Gasteiger partial charge in [-0.25, -0.2) is 9.67 Å². The Labute approximate surface area is 154 Å². The summed E-state index contributed by atoms with van der Waals surface area (Å²) in [5.41, 5.74) is 1.94. The Balaban J connectivity index is 1.65. The Morgan fingerprint density at radius 3 is 2.65 bits per heavy atom. The van der Waals surface area contributed by atoms with E-state index in [1.165, 1.54) is 0 Å². The molecule has 1 atom stereocenters. The third-order valence-electron chi connectivity index (χ3n) is 5.71. The van der Waals surface area contributed by atoms with Gasteiger partial charge >= 0.3 is 0 Å². The molecule has 6 heteroatoms. The molecule has 0 spiro atoms. The van der Waals surface area contributed by atoms with Crippen LogP contribution in [-0.2, 0) is 6.54 Å². The molecule has 138 valence electrons. The molecule has 4 rings (SSSR count). The quantitative estimate of drug-likeness (QED) is 0.848. The second-order valence-electron chi connectivity index (χ2n) is 7.51. The van der Waals surface area contributed by atoms with Crippen molar-refractivity contribution < 1.29 is 4.79 Å². The number of fused-ring (bicyclic) bond motifs is 1.